The fraction of sp³-hybridized carbons (Fsp3) is 0.867. The van der Waals surface area contributed by atoms with Crippen molar-refractivity contribution in [2.24, 2.45) is 0 Å². The van der Waals surface area contributed by atoms with Crippen LogP contribution >= 0.6 is 0 Å². The van der Waals surface area contributed by atoms with E-state index in [0.29, 0.717) is 0 Å². The van der Waals surface area contributed by atoms with Gasteiger partial charge in [0.2, 0.25) is 0 Å². The van der Waals surface area contributed by atoms with Gasteiger partial charge in [-0.25, -0.2) is 0 Å². The fourth-order valence-electron chi connectivity index (χ4n) is 4.56. The highest BCUT2D eigenvalue weighted by Crippen LogP contribution is 2.50. The van der Waals surface area contributed by atoms with Gasteiger partial charge in [0.25, 0.3) is 0 Å². The van der Waals surface area contributed by atoms with E-state index in [-0.39, 0.29) is 0 Å². The summed E-state index contributed by atoms with van der Waals surface area (Å²) in [5.74, 6) is 0. The number of fused-ring (bicyclic) bond motifs is 1. The van der Waals surface area contributed by atoms with Crippen LogP contribution in [0.2, 0.25) is 23.7 Å². The van der Waals surface area contributed by atoms with Crippen LogP contribution in [0, 0.1) is 0 Å². The predicted octanol–water partition coefficient (Wildman–Crippen LogP) is 4.29. The van der Waals surface area contributed by atoms with Crippen LogP contribution in [0.5, 0.6) is 0 Å². The van der Waals surface area contributed by atoms with Crippen molar-refractivity contribution in [1.29, 1.82) is 0 Å². The highest BCUT2D eigenvalue weighted by atomic mass is 28.3. The monoisotopic (exact) mass is 251 g/mol. The normalized spacial score (nSPS) is 34.4. The lowest BCUT2D eigenvalue weighted by Gasteiger charge is -2.39. The highest BCUT2D eigenvalue weighted by Gasteiger charge is 2.51. The van der Waals surface area contributed by atoms with Gasteiger partial charge in [0, 0.05) is 18.6 Å². The van der Waals surface area contributed by atoms with E-state index < -0.39 is 8.07 Å². The van der Waals surface area contributed by atoms with E-state index in [1.165, 1.54) is 37.5 Å². The molecule has 2 saturated heterocycles. The van der Waals surface area contributed by atoms with E-state index in [1.54, 1.807) is 5.57 Å². The van der Waals surface area contributed by atoms with Crippen LogP contribution in [0.4, 0.5) is 0 Å². The van der Waals surface area contributed by atoms with Crippen LogP contribution in [-0.4, -0.2) is 31.6 Å². The third-order valence-electron chi connectivity index (χ3n) is 5.85. The molecule has 0 aliphatic carbocycles. The molecule has 0 amide bonds. The third-order valence-corrected chi connectivity index (χ3v) is 12.2. The van der Waals surface area contributed by atoms with Crippen molar-refractivity contribution in [3.8, 4) is 0 Å². The predicted molar refractivity (Wildman–Crippen MR) is 79.3 cm³/mol. The van der Waals surface area contributed by atoms with Crippen molar-refractivity contribution in [2.75, 3.05) is 6.54 Å². The van der Waals surface area contributed by atoms with Gasteiger partial charge >= 0.3 is 0 Å². The third kappa shape index (κ3) is 1.93. The zero-order chi connectivity index (χ0) is 12.6. The molecule has 2 fully saturated rings. The minimum atomic E-state index is -1.10. The summed E-state index contributed by atoms with van der Waals surface area (Å²) in [5, 5.41) is 0. The Balaban J connectivity index is 2.28. The van der Waals surface area contributed by atoms with Gasteiger partial charge in [0.05, 0.1) is 8.07 Å². The van der Waals surface area contributed by atoms with Gasteiger partial charge in [-0.1, -0.05) is 51.1 Å². The van der Waals surface area contributed by atoms with Crippen molar-refractivity contribution < 1.29 is 0 Å². The Hall–Kier alpha value is -0.0831. The van der Waals surface area contributed by atoms with Gasteiger partial charge in [-0.15, -0.1) is 0 Å². The van der Waals surface area contributed by atoms with Crippen LogP contribution in [0.3, 0.4) is 0 Å². The van der Waals surface area contributed by atoms with Gasteiger partial charge in [0.1, 0.15) is 0 Å². The number of rotatable bonds is 4. The minimum absolute atomic E-state index is 0.805. The SMILES string of the molecule is C=C1CN2[C@H](CC[C@@H]2C)[C@H]1[Si](CC)(CC)CC. The lowest BCUT2D eigenvalue weighted by atomic mass is 10.1. The molecule has 0 radical (unpaired) electrons. The van der Waals surface area contributed by atoms with Crippen molar-refractivity contribution in [3.63, 3.8) is 0 Å². The largest absolute Gasteiger partial charge is 0.293 e. The number of hydrogen-bond donors (Lipinski definition) is 0. The first kappa shape index (κ1) is 13.4. The maximum absolute atomic E-state index is 4.46. The Bertz CT molecular complexity index is 287. The Morgan fingerprint density at radius 1 is 1.18 bits per heavy atom. The summed E-state index contributed by atoms with van der Waals surface area (Å²) in [4.78, 5) is 2.76. The highest BCUT2D eigenvalue weighted by molar-refractivity contribution is 6.81. The van der Waals surface area contributed by atoms with Crippen LogP contribution in [0.1, 0.15) is 40.5 Å². The fourth-order valence-corrected chi connectivity index (χ4v) is 9.51. The van der Waals surface area contributed by atoms with Crippen LogP contribution in [-0.2, 0) is 0 Å². The maximum Gasteiger partial charge on any atom is 0.0621 e. The summed E-state index contributed by atoms with van der Waals surface area (Å²) < 4.78 is 0. The molecule has 17 heavy (non-hydrogen) atoms. The average Bonchev–Trinajstić information content (AvgIpc) is 2.84. The van der Waals surface area contributed by atoms with Gasteiger partial charge in [-0.3, -0.25) is 4.90 Å². The second-order valence-electron chi connectivity index (χ2n) is 6.23. The Morgan fingerprint density at radius 2 is 1.76 bits per heavy atom. The molecule has 0 unspecified atom stereocenters. The quantitative estimate of drug-likeness (QED) is 0.532. The van der Waals surface area contributed by atoms with E-state index in [4.69, 9.17) is 0 Å². The Morgan fingerprint density at radius 3 is 2.29 bits per heavy atom. The second kappa shape index (κ2) is 4.89. The maximum atomic E-state index is 4.46. The first-order valence-electron chi connectivity index (χ1n) is 7.53. The summed E-state index contributed by atoms with van der Waals surface area (Å²) in [6.45, 7) is 15.4. The molecule has 0 aromatic carbocycles. The molecule has 2 heterocycles. The van der Waals surface area contributed by atoms with E-state index in [1.807, 2.05) is 0 Å². The summed E-state index contributed by atoms with van der Waals surface area (Å²) in [6.07, 6.45) is 2.84. The molecule has 0 spiro atoms. The standard InChI is InChI=1S/C15H29NSi/c1-6-17(7-2,8-3)15-12(4)11-16-13(5)9-10-14(15)16/h13-15H,4,6-11H2,1-3,5H3/t13-,14+,15-/m0/s1. The summed E-state index contributed by atoms with van der Waals surface area (Å²) in [7, 11) is -1.10. The molecule has 2 aliphatic heterocycles. The molecular formula is C15H29NSi. The van der Waals surface area contributed by atoms with Crippen molar-refractivity contribution in [3.05, 3.63) is 12.2 Å². The lowest BCUT2D eigenvalue weighted by Crippen LogP contribution is -2.43. The molecule has 2 aliphatic rings. The second-order valence-corrected chi connectivity index (χ2v) is 11.7. The van der Waals surface area contributed by atoms with Crippen molar-refractivity contribution in [2.45, 2.75) is 76.3 Å². The molecule has 0 saturated carbocycles. The molecule has 2 heteroatoms. The summed E-state index contributed by atoms with van der Waals surface area (Å²) in [5.41, 5.74) is 2.48. The smallest absolute Gasteiger partial charge is 0.0621 e. The first-order chi connectivity index (χ1) is 8.09. The lowest BCUT2D eigenvalue weighted by molar-refractivity contribution is 0.261. The van der Waals surface area contributed by atoms with Crippen molar-refractivity contribution in [1.82, 2.24) is 4.90 Å². The van der Waals surface area contributed by atoms with Crippen LogP contribution < -0.4 is 0 Å². The Kier molecular flexibility index (Phi) is 3.84. The molecule has 0 bridgehead atoms. The van der Waals surface area contributed by atoms with Crippen molar-refractivity contribution >= 4 is 8.07 Å². The summed E-state index contributed by atoms with van der Waals surface area (Å²) >= 11 is 0. The van der Waals surface area contributed by atoms with E-state index in [9.17, 15) is 0 Å². The van der Waals surface area contributed by atoms with E-state index in [0.717, 1.165) is 17.6 Å². The zero-order valence-corrected chi connectivity index (χ0v) is 13.1. The van der Waals surface area contributed by atoms with Gasteiger partial charge in [-0.2, -0.15) is 0 Å². The van der Waals surface area contributed by atoms with Gasteiger partial charge < -0.3 is 0 Å². The summed E-state index contributed by atoms with van der Waals surface area (Å²) in [6, 6.07) is 6.01. The molecule has 2 rings (SSSR count). The molecule has 0 N–H and O–H groups in total. The van der Waals surface area contributed by atoms with Crippen LogP contribution in [0.15, 0.2) is 12.2 Å². The topological polar surface area (TPSA) is 3.24 Å². The molecule has 1 nitrogen and oxygen atoms in total. The van der Waals surface area contributed by atoms with Gasteiger partial charge in [0.15, 0.2) is 0 Å². The molecular weight excluding hydrogens is 222 g/mol. The minimum Gasteiger partial charge on any atom is -0.293 e. The molecule has 0 aromatic heterocycles. The molecule has 3 atom stereocenters. The van der Waals surface area contributed by atoms with E-state index >= 15 is 0 Å². The average molecular weight is 251 g/mol. The zero-order valence-electron chi connectivity index (χ0n) is 12.1. The first-order valence-corrected chi connectivity index (χ1v) is 10.2. The molecule has 0 aromatic rings. The van der Waals surface area contributed by atoms with Gasteiger partial charge in [-0.05, 0) is 25.3 Å². The number of nitrogens with zero attached hydrogens (tertiary/aromatic N) is 1. The Labute approximate surface area is 108 Å². The van der Waals surface area contributed by atoms with E-state index in [2.05, 4.69) is 39.2 Å². The number of hydrogen-bond acceptors (Lipinski definition) is 1. The molecule has 98 valence electrons. The van der Waals surface area contributed by atoms with Crippen LogP contribution in [0.25, 0.3) is 0 Å².